The minimum absolute atomic E-state index is 0.352. The van der Waals surface area contributed by atoms with Crippen LogP contribution in [-0.2, 0) is 0 Å². The van der Waals surface area contributed by atoms with Gasteiger partial charge in [-0.15, -0.1) is 0 Å². The van der Waals surface area contributed by atoms with Gasteiger partial charge in [0.2, 0.25) is 0 Å². The average Bonchev–Trinajstić information content (AvgIpc) is 3.22. The van der Waals surface area contributed by atoms with E-state index in [1.54, 1.807) is 38.7 Å². The second kappa shape index (κ2) is 8.32. The highest BCUT2D eigenvalue weighted by Gasteiger charge is 2.17. The number of anilines is 3. The highest BCUT2D eigenvalue weighted by molar-refractivity contribution is 6.03. The average molecular weight is 396 g/mol. The van der Waals surface area contributed by atoms with Crippen molar-refractivity contribution in [2.75, 3.05) is 55.9 Å². The van der Waals surface area contributed by atoms with Crippen LogP contribution < -0.4 is 30.3 Å². The third-order valence-electron chi connectivity index (χ3n) is 4.86. The molecule has 3 N–H and O–H groups in total. The zero-order chi connectivity index (χ0) is 20.2. The molecule has 1 fully saturated rings. The summed E-state index contributed by atoms with van der Waals surface area (Å²) in [4.78, 5) is 14.9. The summed E-state index contributed by atoms with van der Waals surface area (Å²) in [5.74, 6) is 1.20. The van der Waals surface area contributed by atoms with Gasteiger partial charge in [-0.25, -0.2) is 4.79 Å². The fraction of sp³-hybridized carbons (Fsp3) is 0.286. The summed E-state index contributed by atoms with van der Waals surface area (Å²) in [6.07, 6.45) is 1.67. The van der Waals surface area contributed by atoms with Gasteiger partial charge in [0.1, 0.15) is 11.5 Å². The molecular weight excluding hydrogens is 372 g/mol. The number of amides is 2. The van der Waals surface area contributed by atoms with Gasteiger partial charge in [0.15, 0.2) is 5.58 Å². The molecule has 1 aliphatic heterocycles. The monoisotopic (exact) mass is 396 g/mol. The largest absolute Gasteiger partial charge is 0.497 e. The molecule has 8 heteroatoms. The molecular formula is C21H24N4O4. The standard InChI is InChI=1S/C21H24N4O4/c1-27-17-10-16(11-18(13-17)28-2)24-21(26)23-15-9-14-3-8-29-20(14)19(12-15)25-6-4-22-5-7-25/h3,8-13,22H,4-7H2,1-2H3,(H2,23,24,26). The number of hydrogen-bond acceptors (Lipinski definition) is 6. The number of furan rings is 1. The number of hydrogen-bond donors (Lipinski definition) is 3. The van der Waals surface area contributed by atoms with Gasteiger partial charge in [-0.05, 0) is 18.2 Å². The number of rotatable bonds is 5. The minimum atomic E-state index is -0.352. The van der Waals surface area contributed by atoms with E-state index in [0.717, 1.165) is 42.8 Å². The molecule has 152 valence electrons. The van der Waals surface area contributed by atoms with Crippen LogP contribution in [-0.4, -0.2) is 46.4 Å². The van der Waals surface area contributed by atoms with Gasteiger partial charge in [-0.2, -0.15) is 0 Å². The van der Waals surface area contributed by atoms with Crippen LogP contribution in [0.2, 0.25) is 0 Å². The molecule has 0 unspecified atom stereocenters. The summed E-state index contributed by atoms with van der Waals surface area (Å²) in [5, 5.41) is 10.0. The molecule has 2 aromatic carbocycles. The molecule has 1 saturated heterocycles. The molecule has 8 nitrogen and oxygen atoms in total. The summed E-state index contributed by atoms with van der Waals surface area (Å²) < 4.78 is 16.2. The summed E-state index contributed by atoms with van der Waals surface area (Å²) in [6, 6.07) is 10.6. The molecule has 2 amide bonds. The Morgan fingerprint density at radius 2 is 1.66 bits per heavy atom. The SMILES string of the molecule is COc1cc(NC(=O)Nc2cc(N3CCNCC3)c3occc3c2)cc(OC)c1. The first-order valence-electron chi connectivity index (χ1n) is 9.44. The highest BCUT2D eigenvalue weighted by atomic mass is 16.5. The molecule has 0 radical (unpaired) electrons. The van der Waals surface area contributed by atoms with Gasteiger partial charge in [-0.3, -0.25) is 0 Å². The Labute approximate surface area is 168 Å². The Bertz CT molecular complexity index is 989. The van der Waals surface area contributed by atoms with Gasteiger partial charge >= 0.3 is 6.03 Å². The summed E-state index contributed by atoms with van der Waals surface area (Å²) >= 11 is 0. The van der Waals surface area contributed by atoms with Crippen molar-refractivity contribution in [3.05, 3.63) is 42.7 Å². The molecule has 0 bridgehead atoms. The Balaban J connectivity index is 1.55. The summed E-state index contributed by atoms with van der Waals surface area (Å²) in [7, 11) is 3.13. The molecule has 4 rings (SSSR count). The Morgan fingerprint density at radius 3 is 2.31 bits per heavy atom. The second-order valence-corrected chi connectivity index (χ2v) is 6.75. The van der Waals surface area contributed by atoms with Crippen molar-refractivity contribution in [3.8, 4) is 11.5 Å². The lowest BCUT2D eigenvalue weighted by Crippen LogP contribution is -2.43. The van der Waals surface area contributed by atoms with Crippen LogP contribution in [0, 0.1) is 0 Å². The van der Waals surface area contributed by atoms with E-state index >= 15 is 0 Å². The quantitative estimate of drug-likeness (QED) is 0.612. The van der Waals surface area contributed by atoms with Crippen LogP contribution in [0.25, 0.3) is 11.0 Å². The fourth-order valence-electron chi connectivity index (χ4n) is 3.45. The van der Waals surface area contributed by atoms with Crippen LogP contribution in [0.5, 0.6) is 11.5 Å². The lowest BCUT2D eigenvalue weighted by Gasteiger charge is -2.29. The van der Waals surface area contributed by atoms with Gasteiger partial charge in [0.25, 0.3) is 0 Å². The highest BCUT2D eigenvalue weighted by Crippen LogP contribution is 2.32. The van der Waals surface area contributed by atoms with Crippen molar-refractivity contribution in [2.24, 2.45) is 0 Å². The topological polar surface area (TPSA) is 88.0 Å². The smallest absolute Gasteiger partial charge is 0.323 e. The third kappa shape index (κ3) is 4.22. The number of piperazine rings is 1. The van der Waals surface area contributed by atoms with E-state index in [1.807, 2.05) is 18.2 Å². The molecule has 3 aromatic rings. The van der Waals surface area contributed by atoms with E-state index in [4.69, 9.17) is 13.9 Å². The van der Waals surface area contributed by atoms with E-state index in [9.17, 15) is 4.79 Å². The number of fused-ring (bicyclic) bond motifs is 1. The predicted octanol–water partition coefficient (Wildman–Crippen LogP) is 3.50. The molecule has 0 aliphatic carbocycles. The Hall–Kier alpha value is -3.39. The first-order valence-corrected chi connectivity index (χ1v) is 9.44. The minimum Gasteiger partial charge on any atom is -0.497 e. The number of urea groups is 1. The van der Waals surface area contributed by atoms with Crippen LogP contribution >= 0.6 is 0 Å². The van der Waals surface area contributed by atoms with Gasteiger partial charge in [-0.1, -0.05) is 0 Å². The van der Waals surface area contributed by atoms with Crippen molar-refractivity contribution >= 4 is 34.1 Å². The molecule has 2 heterocycles. The van der Waals surface area contributed by atoms with Crippen LogP contribution in [0.4, 0.5) is 21.9 Å². The molecule has 0 saturated carbocycles. The second-order valence-electron chi connectivity index (χ2n) is 6.75. The maximum absolute atomic E-state index is 12.6. The lowest BCUT2D eigenvalue weighted by molar-refractivity contribution is 0.262. The number of methoxy groups -OCH3 is 2. The summed E-state index contributed by atoms with van der Waals surface area (Å²) in [5.41, 5.74) is 3.08. The van der Waals surface area contributed by atoms with Gasteiger partial charge < -0.3 is 34.7 Å². The Morgan fingerprint density at radius 1 is 1.00 bits per heavy atom. The zero-order valence-electron chi connectivity index (χ0n) is 16.5. The number of carbonyl (C=O) groups is 1. The van der Waals surface area contributed by atoms with E-state index in [1.165, 1.54) is 0 Å². The van der Waals surface area contributed by atoms with E-state index in [-0.39, 0.29) is 6.03 Å². The van der Waals surface area contributed by atoms with Crippen LogP contribution in [0.1, 0.15) is 0 Å². The Kier molecular flexibility index (Phi) is 5.44. The van der Waals surface area contributed by atoms with Crippen molar-refractivity contribution in [3.63, 3.8) is 0 Å². The van der Waals surface area contributed by atoms with E-state index < -0.39 is 0 Å². The molecule has 0 atom stereocenters. The predicted molar refractivity (Wildman–Crippen MR) is 113 cm³/mol. The van der Waals surface area contributed by atoms with Crippen molar-refractivity contribution < 1.29 is 18.7 Å². The van der Waals surface area contributed by atoms with Crippen LogP contribution in [0.15, 0.2) is 47.1 Å². The van der Waals surface area contributed by atoms with E-state index in [0.29, 0.717) is 22.9 Å². The first-order chi connectivity index (χ1) is 14.2. The number of nitrogens with one attached hydrogen (secondary N) is 3. The number of ether oxygens (including phenoxy) is 2. The zero-order valence-corrected chi connectivity index (χ0v) is 16.5. The fourth-order valence-corrected chi connectivity index (χ4v) is 3.45. The summed E-state index contributed by atoms with van der Waals surface area (Å²) in [6.45, 7) is 3.60. The van der Waals surface area contributed by atoms with Crippen molar-refractivity contribution in [2.45, 2.75) is 0 Å². The lowest BCUT2D eigenvalue weighted by atomic mass is 10.1. The third-order valence-corrected chi connectivity index (χ3v) is 4.86. The van der Waals surface area contributed by atoms with Gasteiger partial charge in [0, 0.05) is 61.1 Å². The maximum atomic E-state index is 12.6. The normalized spacial score (nSPS) is 13.9. The van der Waals surface area contributed by atoms with Crippen LogP contribution in [0.3, 0.4) is 0 Å². The molecule has 29 heavy (non-hydrogen) atoms. The molecule has 1 aromatic heterocycles. The number of benzene rings is 2. The van der Waals surface area contributed by atoms with Crippen molar-refractivity contribution in [1.82, 2.24) is 5.32 Å². The van der Waals surface area contributed by atoms with Gasteiger partial charge in [0.05, 0.1) is 26.2 Å². The first kappa shape index (κ1) is 18.9. The maximum Gasteiger partial charge on any atom is 0.323 e. The number of nitrogens with zero attached hydrogens (tertiary/aromatic N) is 1. The number of carbonyl (C=O) groups excluding carboxylic acids is 1. The molecule has 1 aliphatic rings. The van der Waals surface area contributed by atoms with Crippen molar-refractivity contribution in [1.29, 1.82) is 0 Å². The van der Waals surface area contributed by atoms with E-state index in [2.05, 4.69) is 20.9 Å². The molecule has 0 spiro atoms.